The van der Waals surface area contributed by atoms with Crippen LogP contribution >= 0.6 is 11.3 Å². The fraction of sp³-hybridized carbons (Fsp3) is 0.789. The van der Waals surface area contributed by atoms with E-state index in [9.17, 15) is 9.59 Å². The molecule has 4 heterocycles. The van der Waals surface area contributed by atoms with Crippen molar-refractivity contribution in [2.45, 2.75) is 46.0 Å². The molecule has 0 aliphatic carbocycles. The molecule has 0 N–H and O–H groups in total. The minimum atomic E-state index is 0.0389. The second-order valence-electron chi connectivity index (χ2n) is 8.49. The van der Waals surface area contributed by atoms with E-state index in [0.29, 0.717) is 35.8 Å². The Morgan fingerprint density at radius 3 is 2.48 bits per heavy atom. The van der Waals surface area contributed by atoms with Crippen LogP contribution in [0.25, 0.3) is 0 Å². The quantitative estimate of drug-likeness (QED) is 0.791. The van der Waals surface area contributed by atoms with E-state index in [-0.39, 0.29) is 11.8 Å². The number of aromatic nitrogens is 2. The van der Waals surface area contributed by atoms with Crippen LogP contribution < -0.4 is 9.80 Å². The van der Waals surface area contributed by atoms with Gasteiger partial charge in [-0.05, 0) is 37.5 Å². The SMILES string of the molecule is CC1CC(C)CN(C(=O)C2CCCN(c3nnc(N4CCCC4=O)s3)C2)C1. The average Bonchev–Trinajstić information content (AvgIpc) is 3.29. The maximum Gasteiger partial charge on any atom is 0.228 e. The van der Waals surface area contributed by atoms with Crippen molar-refractivity contribution < 1.29 is 9.59 Å². The van der Waals surface area contributed by atoms with Gasteiger partial charge in [-0.25, -0.2) is 0 Å². The van der Waals surface area contributed by atoms with Crippen molar-refractivity contribution in [2.75, 3.05) is 42.5 Å². The second kappa shape index (κ2) is 7.73. The molecule has 4 rings (SSSR count). The smallest absolute Gasteiger partial charge is 0.228 e. The van der Waals surface area contributed by atoms with Crippen LogP contribution in [0.2, 0.25) is 0 Å². The lowest BCUT2D eigenvalue weighted by molar-refractivity contribution is -0.138. The molecule has 27 heavy (non-hydrogen) atoms. The summed E-state index contributed by atoms with van der Waals surface area (Å²) in [6, 6.07) is 0. The number of carbonyl (C=O) groups excluding carboxylic acids is 2. The second-order valence-corrected chi connectivity index (χ2v) is 9.42. The Balaban J connectivity index is 1.41. The van der Waals surface area contributed by atoms with Crippen molar-refractivity contribution in [1.29, 1.82) is 0 Å². The van der Waals surface area contributed by atoms with Crippen LogP contribution in [0, 0.1) is 17.8 Å². The van der Waals surface area contributed by atoms with Crippen LogP contribution in [0.5, 0.6) is 0 Å². The number of likely N-dealkylation sites (tertiary alicyclic amines) is 1. The van der Waals surface area contributed by atoms with Crippen LogP contribution in [-0.4, -0.2) is 59.6 Å². The molecule has 0 saturated carbocycles. The summed E-state index contributed by atoms with van der Waals surface area (Å²) in [5.41, 5.74) is 0. The molecule has 7 nitrogen and oxygen atoms in total. The Hall–Kier alpha value is -1.70. The molecular formula is C19H29N5O2S. The third-order valence-corrected chi connectivity index (χ3v) is 6.94. The summed E-state index contributed by atoms with van der Waals surface area (Å²) < 4.78 is 0. The van der Waals surface area contributed by atoms with Gasteiger partial charge in [-0.15, -0.1) is 10.2 Å². The first-order chi connectivity index (χ1) is 13.0. The van der Waals surface area contributed by atoms with Gasteiger partial charge in [0, 0.05) is 39.1 Å². The van der Waals surface area contributed by atoms with Crippen molar-refractivity contribution in [1.82, 2.24) is 15.1 Å². The number of rotatable bonds is 3. The maximum atomic E-state index is 13.1. The van der Waals surface area contributed by atoms with Gasteiger partial charge in [0.15, 0.2) is 0 Å². The highest BCUT2D eigenvalue weighted by Crippen LogP contribution is 2.33. The topological polar surface area (TPSA) is 69.6 Å². The summed E-state index contributed by atoms with van der Waals surface area (Å²) in [6.45, 7) is 8.61. The molecule has 0 radical (unpaired) electrons. The Labute approximate surface area is 164 Å². The fourth-order valence-corrected chi connectivity index (χ4v) is 5.67. The van der Waals surface area contributed by atoms with E-state index in [1.165, 1.54) is 17.8 Å². The van der Waals surface area contributed by atoms with Gasteiger partial charge in [0.1, 0.15) is 0 Å². The van der Waals surface area contributed by atoms with E-state index in [4.69, 9.17) is 0 Å². The molecule has 8 heteroatoms. The Bertz CT molecular complexity index is 698. The van der Waals surface area contributed by atoms with Crippen LogP contribution in [0.4, 0.5) is 10.3 Å². The number of nitrogens with zero attached hydrogens (tertiary/aromatic N) is 5. The largest absolute Gasteiger partial charge is 0.346 e. The Morgan fingerprint density at radius 1 is 1.04 bits per heavy atom. The number of amides is 2. The van der Waals surface area contributed by atoms with E-state index in [1.54, 1.807) is 4.90 Å². The third-order valence-electron chi connectivity index (χ3n) is 5.93. The van der Waals surface area contributed by atoms with Crippen molar-refractivity contribution in [2.24, 2.45) is 17.8 Å². The molecule has 3 saturated heterocycles. The lowest BCUT2D eigenvalue weighted by atomic mass is 9.89. The summed E-state index contributed by atoms with van der Waals surface area (Å²) >= 11 is 1.47. The molecule has 3 aliphatic heterocycles. The van der Waals surface area contributed by atoms with Crippen LogP contribution in [0.15, 0.2) is 0 Å². The number of carbonyl (C=O) groups is 2. The van der Waals surface area contributed by atoms with E-state index >= 15 is 0 Å². The van der Waals surface area contributed by atoms with Gasteiger partial charge in [0.2, 0.25) is 22.1 Å². The Morgan fingerprint density at radius 2 is 1.78 bits per heavy atom. The molecular weight excluding hydrogens is 362 g/mol. The van der Waals surface area contributed by atoms with Gasteiger partial charge in [-0.2, -0.15) is 0 Å². The van der Waals surface area contributed by atoms with Gasteiger partial charge in [0.25, 0.3) is 0 Å². The summed E-state index contributed by atoms with van der Waals surface area (Å²) in [5, 5.41) is 10.1. The van der Waals surface area contributed by atoms with Crippen LogP contribution in [0.1, 0.15) is 46.0 Å². The molecule has 1 aromatic heterocycles. The molecule has 2 amide bonds. The van der Waals surface area contributed by atoms with Crippen LogP contribution in [-0.2, 0) is 9.59 Å². The van der Waals surface area contributed by atoms with Gasteiger partial charge in [-0.3, -0.25) is 14.5 Å². The van der Waals surface area contributed by atoms with Crippen LogP contribution in [0.3, 0.4) is 0 Å². The predicted molar refractivity (Wildman–Crippen MR) is 106 cm³/mol. The van der Waals surface area contributed by atoms with Crippen molar-refractivity contribution >= 4 is 33.4 Å². The molecule has 0 bridgehead atoms. The summed E-state index contributed by atoms with van der Waals surface area (Å²) in [7, 11) is 0. The maximum absolute atomic E-state index is 13.1. The first kappa shape index (κ1) is 18.7. The fourth-order valence-electron chi connectivity index (χ4n) is 4.75. The third kappa shape index (κ3) is 3.95. The van der Waals surface area contributed by atoms with E-state index in [0.717, 1.165) is 50.6 Å². The standard InChI is InChI=1S/C19H29N5O2S/c1-13-9-14(2)11-23(10-13)17(26)15-5-3-7-22(12-15)18-20-21-19(27-18)24-8-4-6-16(24)25/h13-15H,3-12H2,1-2H3. The highest BCUT2D eigenvalue weighted by Gasteiger charge is 2.34. The minimum absolute atomic E-state index is 0.0389. The molecule has 0 aromatic carbocycles. The predicted octanol–water partition coefficient (Wildman–Crippen LogP) is 2.39. The molecule has 0 spiro atoms. The van der Waals surface area contributed by atoms with E-state index in [1.807, 2.05) is 0 Å². The molecule has 3 unspecified atom stereocenters. The lowest BCUT2D eigenvalue weighted by Gasteiger charge is -2.39. The molecule has 3 fully saturated rings. The Kier molecular flexibility index (Phi) is 5.34. The average molecular weight is 392 g/mol. The summed E-state index contributed by atoms with van der Waals surface area (Å²) in [4.78, 5) is 31.0. The molecule has 3 aliphatic rings. The monoisotopic (exact) mass is 391 g/mol. The number of hydrogen-bond donors (Lipinski definition) is 0. The van der Waals surface area contributed by atoms with Crippen molar-refractivity contribution in [3.63, 3.8) is 0 Å². The summed E-state index contributed by atoms with van der Waals surface area (Å²) in [5.74, 6) is 1.65. The highest BCUT2D eigenvalue weighted by molar-refractivity contribution is 7.19. The van der Waals surface area contributed by atoms with Crippen molar-refractivity contribution in [3.8, 4) is 0 Å². The number of piperidine rings is 2. The lowest BCUT2D eigenvalue weighted by Crippen LogP contribution is -2.49. The minimum Gasteiger partial charge on any atom is -0.346 e. The number of anilines is 2. The van der Waals surface area contributed by atoms with Gasteiger partial charge in [0.05, 0.1) is 5.92 Å². The molecule has 148 valence electrons. The van der Waals surface area contributed by atoms with Gasteiger partial charge >= 0.3 is 0 Å². The van der Waals surface area contributed by atoms with E-state index in [2.05, 4.69) is 33.8 Å². The van der Waals surface area contributed by atoms with Gasteiger partial charge < -0.3 is 9.80 Å². The summed E-state index contributed by atoms with van der Waals surface area (Å²) in [6.07, 6.45) is 4.64. The van der Waals surface area contributed by atoms with E-state index < -0.39 is 0 Å². The number of hydrogen-bond acceptors (Lipinski definition) is 6. The zero-order chi connectivity index (χ0) is 19.0. The first-order valence-corrected chi connectivity index (χ1v) is 11.0. The molecule has 1 aromatic rings. The zero-order valence-corrected chi connectivity index (χ0v) is 17.1. The normalized spacial score (nSPS) is 29.5. The zero-order valence-electron chi connectivity index (χ0n) is 16.3. The molecule has 3 atom stereocenters. The highest BCUT2D eigenvalue weighted by atomic mass is 32.1. The van der Waals surface area contributed by atoms with Crippen molar-refractivity contribution in [3.05, 3.63) is 0 Å². The first-order valence-electron chi connectivity index (χ1n) is 10.2. The van der Waals surface area contributed by atoms with Gasteiger partial charge in [-0.1, -0.05) is 25.2 Å².